The molecule has 1 aliphatic carbocycles. The van der Waals surface area contributed by atoms with Gasteiger partial charge in [-0.2, -0.15) is 0 Å². The Morgan fingerprint density at radius 1 is 0.971 bits per heavy atom. The molecule has 0 spiro atoms. The van der Waals surface area contributed by atoms with Gasteiger partial charge in [-0.3, -0.25) is 10.1 Å². The van der Waals surface area contributed by atoms with Crippen LogP contribution in [0.1, 0.15) is 39.4 Å². The zero-order valence-corrected chi connectivity index (χ0v) is 19.2. The largest absolute Gasteiger partial charge is 0.480 e. The molecule has 1 unspecified atom stereocenters. The van der Waals surface area contributed by atoms with E-state index >= 15 is 0 Å². The van der Waals surface area contributed by atoms with Gasteiger partial charge in [0.05, 0.1) is 0 Å². The molecule has 0 fully saturated rings. The summed E-state index contributed by atoms with van der Waals surface area (Å²) in [5, 5.41) is 23.3. The van der Waals surface area contributed by atoms with E-state index in [1.807, 2.05) is 36.4 Å². The number of aliphatic hydroxyl groups excluding tert-OH is 1. The van der Waals surface area contributed by atoms with Crippen LogP contribution in [0, 0.1) is 6.92 Å². The molecule has 4 N–H and O–H groups in total. The number of aryl methyl sites for hydroxylation is 1. The van der Waals surface area contributed by atoms with Crippen molar-refractivity contribution in [2.75, 3.05) is 18.5 Å². The Morgan fingerprint density at radius 2 is 1.60 bits per heavy atom. The summed E-state index contributed by atoms with van der Waals surface area (Å²) < 4.78 is 5.57. The molecule has 1 aliphatic rings. The topological polar surface area (TPSA) is 125 Å². The summed E-state index contributed by atoms with van der Waals surface area (Å²) in [5.41, 5.74) is 5.73. The second-order valence-electron chi connectivity index (χ2n) is 8.36. The molecule has 35 heavy (non-hydrogen) atoms. The third-order valence-electron chi connectivity index (χ3n) is 6.10. The van der Waals surface area contributed by atoms with E-state index in [9.17, 15) is 19.5 Å². The summed E-state index contributed by atoms with van der Waals surface area (Å²) in [5.74, 6) is -1.94. The molecule has 0 saturated carbocycles. The van der Waals surface area contributed by atoms with Crippen molar-refractivity contribution in [1.29, 1.82) is 0 Å². The van der Waals surface area contributed by atoms with Crippen LogP contribution < -0.4 is 10.6 Å². The highest BCUT2D eigenvalue weighted by molar-refractivity contribution is 5.98. The maximum absolute atomic E-state index is 12.6. The zero-order chi connectivity index (χ0) is 24.9. The van der Waals surface area contributed by atoms with Gasteiger partial charge in [0, 0.05) is 30.2 Å². The van der Waals surface area contributed by atoms with Gasteiger partial charge in [0.1, 0.15) is 12.6 Å². The highest BCUT2D eigenvalue weighted by atomic mass is 16.5. The summed E-state index contributed by atoms with van der Waals surface area (Å²) in [6, 6.07) is 19.5. The predicted molar refractivity (Wildman–Crippen MR) is 130 cm³/mol. The van der Waals surface area contributed by atoms with Crippen molar-refractivity contribution in [1.82, 2.24) is 5.32 Å². The summed E-state index contributed by atoms with van der Waals surface area (Å²) in [7, 11) is 0. The van der Waals surface area contributed by atoms with Crippen LogP contribution in [0.15, 0.2) is 66.7 Å². The standard InChI is InChI=1S/C27H26N2O6/c1-16-10-11-17(25(31)28-23(12-13-30)26(32)33)14-24(16)29-27(34)35-15-22-20-8-4-2-6-18(20)19-7-3-5-9-21(19)22/h2-11,14,22-23,30H,12-13,15H2,1H3,(H,28,31)(H,29,34)(H,32,33). The Balaban J connectivity index is 1.43. The lowest BCUT2D eigenvalue weighted by Crippen LogP contribution is -2.41. The quantitative estimate of drug-likeness (QED) is 0.392. The van der Waals surface area contributed by atoms with Crippen molar-refractivity contribution in [3.05, 3.63) is 89.0 Å². The van der Waals surface area contributed by atoms with Crippen molar-refractivity contribution in [2.24, 2.45) is 0 Å². The molecule has 0 aliphatic heterocycles. The highest BCUT2D eigenvalue weighted by Crippen LogP contribution is 2.44. The lowest BCUT2D eigenvalue weighted by molar-refractivity contribution is -0.139. The predicted octanol–water partition coefficient (Wildman–Crippen LogP) is 3.92. The first-order chi connectivity index (χ1) is 16.9. The number of fused-ring (bicyclic) bond motifs is 3. The lowest BCUT2D eigenvalue weighted by Gasteiger charge is -2.16. The summed E-state index contributed by atoms with van der Waals surface area (Å²) in [4.78, 5) is 36.4. The van der Waals surface area contributed by atoms with E-state index in [1.54, 1.807) is 13.0 Å². The molecular weight excluding hydrogens is 448 g/mol. The Kier molecular flexibility index (Phi) is 7.12. The zero-order valence-electron chi connectivity index (χ0n) is 19.2. The number of rotatable bonds is 8. The smallest absolute Gasteiger partial charge is 0.411 e. The van der Waals surface area contributed by atoms with Crippen molar-refractivity contribution >= 4 is 23.7 Å². The van der Waals surface area contributed by atoms with E-state index in [4.69, 9.17) is 9.84 Å². The number of amides is 2. The monoisotopic (exact) mass is 474 g/mol. The van der Waals surface area contributed by atoms with Gasteiger partial charge in [-0.15, -0.1) is 0 Å². The molecule has 180 valence electrons. The average Bonchev–Trinajstić information content (AvgIpc) is 3.17. The van der Waals surface area contributed by atoms with E-state index in [-0.39, 0.29) is 31.1 Å². The molecule has 0 aromatic heterocycles. The molecule has 3 aromatic carbocycles. The summed E-state index contributed by atoms with van der Waals surface area (Å²) in [6.07, 6.45) is -0.770. The Hall–Kier alpha value is -4.17. The number of carboxylic acids is 1. The Labute approximate surface area is 202 Å². The van der Waals surface area contributed by atoms with Gasteiger partial charge in [-0.05, 0) is 46.9 Å². The molecule has 3 aromatic rings. The van der Waals surface area contributed by atoms with Crippen LogP contribution in [0.5, 0.6) is 0 Å². The van der Waals surface area contributed by atoms with E-state index < -0.39 is 24.0 Å². The first-order valence-corrected chi connectivity index (χ1v) is 11.3. The maximum Gasteiger partial charge on any atom is 0.411 e. The van der Waals surface area contributed by atoms with E-state index in [0.29, 0.717) is 11.3 Å². The molecule has 8 heteroatoms. The number of aliphatic carboxylic acids is 1. The first kappa shape index (κ1) is 24.0. The van der Waals surface area contributed by atoms with Crippen LogP contribution in [0.2, 0.25) is 0 Å². The number of aliphatic hydroxyl groups is 1. The van der Waals surface area contributed by atoms with Crippen LogP contribution in [-0.2, 0) is 9.53 Å². The van der Waals surface area contributed by atoms with Crippen molar-refractivity contribution in [3.8, 4) is 11.1 Å². The highest BCUT2D eigenvalue weighted by Gasteiger charge is 2.29. The van der Waals surface area contributed by atoms with Gasteiger partial charge < -0.3 is 20.3 Å². The second kappa shape index (κ2) is 10.4. The van der Waals surface area contributed by atoms with Crippen LogP contribution in [0.4, 0.5) is 10.5 Å². The van der Waals surface area contributed by atoms with Crippen LogP contribution in [0.3, 0.4) is 0 Å². The van der Waals surface area contributed by atoms with E-state index in [1.165, 1.54) is 12.1 Å². The van der Waals surface area contributed by atoms with Gasteiger partial charge in [0.2, 0.25) is 0 Å². The van der Waals surface area contributed by atoms with Crippen LogP contribution >= 0.6 is 0 Å². The van der Waals surface area contributed by atoms with Gasteiger partial charge in [0.25, 0.3) is 5.91 Å². The molecule has 0 bridgehead atoms. The number of carbonyl (C=O) groups excluding carboxylic acids is 2. The maximum atomic E-state index is 12.6. The van der Waals surface area contributed by atoms with Gasteiger partial charge in [0.15, 0.2) is 0 Å². The number of hydrogen-bond acceptors (Lipinski definition) is 5. The summed E-state index contributed by atoms with van der Waals surface area (Å²) in [6.45, 7) is 1.55. The fourth-order valence-electron chi connectivity index (χ4n) is 4.27. The van der Waals surface area contributed by atoms with Gasteiger partial charge in [-0.1, -0.05) is 54.6 Å². The van der Waals surface area contributed by atoms with Crippen molar-refractivity contribution in [2.45, 2.75) is 25.3 Å². The number of carboxylic acid groups (broad SMARTS) is 1. The van der Waals surface area contributed by atoms with Crippen LogP contribution in [0.25, 0.3) is 11.1 Å². The number of nitrogens with one attached hydrogen (secondary N) is 2. The third kappa shape index (κ3) is 5.17. The minimum Gasteiger partial charge on any atom is -0.480 e. The second-order valence-corrected chi connectivity index (χ2v) is 8.36. The third-order valence-corrected chi connectivity index (χ3v) is 6.10. The molecule has 1 atom stereocenters. The SMILES string of the molecule is Cc1ccc(C(=O)NC(CCO)C(=O)O)cc1NC(=O)OCC1c2ccccc2-c2ccccc21. The average molecular weight is 475 g/mol. The molecule has 0 radical (unpaired) electrons. The normalized spacial score (nSPS) is 12.9. The first-order valence-electron chi connectivity index (χ1n) is 11.3. The number of ether oxygens (including phenoxy) is 1. The minimum atomic E-state index is -1.24. The molecule has 4 rings (SSSR count). The Bertz CT molecular complexity index is 1230. The summed E-state index contributed by atoms with van der Waals surface area (Å²) >= 11 is 0. The van der Waals surface area contributed by atoms with Crippen molar-refractivity contribution in [3.63, 3.8) is 0 Å². The fourth-order valence-corrected chi connectivity index (χ4v) is 4.27. The van der Waals surface area contributed by atoms with E-state index in [0.717, 1.165) is 22.3 Å². The lowest BCUT2D eigenvalue weighted by atomic mass is 9.98. The minimum absolute atomic E-state index is 0.0779. The number of benzene rings is 3. The molecule has 8 nitrogen and oxygen atoms in total. The molecular formula is C27H26N2O6. The number of anilines is 1. The fraction of sp³-hybridized carbons (Fsp3) is 0.222. The van der Waals surface area contributed by atoms with Gasteiger partial charge in [-0.25, -0.2) is 9.59 Å². The number of carbonyl (C=O) groups is 3. The molecule has 0 saturated heterocycles. The number of hydrogen-bond donors (Lipinski definition) is 4. The molecule has 0 heterocycles. The van der Waals surface area contributed by atoms with E-state index in [2.05, 4.69) is 22.8 Å². The molecule has 2 amide bonds. The van der Waals surface area contributed by atoms with Gasteiger partial charge >= 0.3 is 12.1 Å². The van der Waals surface area contributed by atoms with Crippen LogP contribution in [-0.4, -0.2) is 47.4 Å². The van der Waals surface area contributed by atoms with Crippen molar-refractivity contribution < 1.29 is 29.3 Å². The Morgan fingerprint density at radius 3 is 2.20 bits per heavy atom.